The number of hydrogen-bond donors (Lipinski definition) is 1. The van der Waals surface area contributed by atoms with Gasteiger partial charge in [0.05, 0.1) is 11.0 Å². The molecule has 1 aromatic heterocycles. The molecule has 0 saturated carbocycles. The highest BCUT2D eigenvalue weighted by atomic mass is 15.2. The second-order valence-corrected chi connectivity index (χ2v) is 6.10. The number of imidazole rings is 1. The van der Waals surface area contributed by atoms with E-state index in [0.29, 0.717) is 5.95 Å². The lowest BCUT2D eigenvalue weighted by molar-refractivity contribution is 0.208. The number of nitrogens with two attached hydrogens (primary N) is 1. The van der Waals surface area contributed by atoms with Crippen LogP contribution < -0.4 is 5.73 Å². The Morgan fingerprint density at radius 2 is 2.05 bits per heavy atom. The highest BCUT2D eigenvalue weighted by Gasteiger charge is 2.18. The molecule has 1 aliphatic rings. The van der Waals surface area contributed by atoms with E-state index in [1.807, 2.05) is 12.1 Å². The van der Waals surface area contributed by atoms with Gasteiger partial charge in [-0.15, -0.1) is 0 Å². The van der Waals surface area contributed by atoms with Crippen molar-refractivity contribution < 1.29 is 0 Å². The van der Waals surface area contributed by atoms with Crippen LogP contribution in [0.4, 0.5) is 5.95 Å². The van der Waals surface area contributed by atoms with Gasteiger partial charge in [-0.25, -0.2) is 4.98 Å². The zero-order valence-electron chi connectivity index (χ0n) is 12.5. The van der Waals surface area contributed by atoms with E-state index in [0.717, 1.165) is 18.0 Å². The number of aryl methyl sites for hydroxylation is 2. The molecule has 0 aliphatic carbocycles. The number of para-hydroxylation sites is 1. The summed E-state index contributed by atoms with van der Waals surface area (Å²) in [6.45, 7) is 5.57. The largest absolute Gasteiger partial charge is 0.369 e. The summed E-state index contributed by atoms with van der Waals surface area (Å²) < 4.78 is 2.20. The quantitative estimate of drug-likeness (QED) is 0.934. The minimum absolute atomic E-state index is 0.655. The van der Waals surface area contributed by atoms with Gasteiger partial charge in [-0.3, -0.25) is 0 Å². The number of fused-ring (bicyclic) bond motifs is 1. The molecule has 4 heteroatoms. The summed E-state index contributed by atoms with van der Waals surface area (Å²) in [6.07, 6.45) is 3.82. The van der Waals surface area contributed by atoms with Crippen molar-refractivity contribution in [1.82, 2.24) is 14.5 Å². The molecule has 0 spiro atoms. The number of anilines is 1. The Morgan fingerprint density at radius 3 is 2.80 bits per heavy atom. The Balaban J connectivity index is 1.76. The van der Waals surface area contributed by atoms with Crippen LogP contribution in [0.3, 0.4) is 0 Å². The van der Waals surface area contributed by atoms with E-state index in [9.17, 15) is 0 Å². The molecule has 0 amide bonds. The Labute approximate surface area is 120 Å². The predicted molar refractivity (Wildman–Crippen MR) is 83.7 cm³/mol. The third-order valence-corrected chi connectivity index (χ3v) is 4.60. The first-order chi connectivity index (χ1) is 9.65. The molecule has 20 heavy (non-hydrogen) atoms. The van der Waals surface area contributed by atoms with Crippen molar-refractivity contribution in [2.75, 3.05) is 25.9 Å². The van der Waals surface area contributed by atoms with Gasteiger partial charge in [-0.1, -0.05) is 12.1 Å². The number of piperidine rings is 1. The van der Waals surface area contributed by atoms with Crippen LogP contribution in [0.25, 0.3) is 11.0 Å². The van der Waals surface area contributed by atoms with Crippen molar-refractivity contribution in [2.45, 2.75) is 32.7 Å². The minimum atomic E-state index is 0.655. The van der Waals surface area contributed by atoms with E-state index in [2.05, 4.69) is 34.5 Å². The fraction of sp³-hybridized carbons (Fsp3) is 0.562. The summed E-state index contributed by atoms with van der Waals surface area (Å²) in [4.78, 5) is 6.90. The highest BCUT2D eigenvalue weighted by molar-refractivity contribution is 5.81. The van der Waals surface area contributed by atoms with Gasteiger partial charge >= 0.3 is 0 Å². The average Bonchev–Trinajstić information content (AvgIpc) is 2.75. The van der Waals surface area contributed by atoms with Gasteiger partial charge in [0.25, 0.3) is 0 Å². The van der Waals surface area contributed by atoms with Crippen molar-refractivity contribution in [2.24, 2.45) is 5.92 Å². The third-order valence-electron chi connectivity index (χ3n) is 4.60. The van der Waals surface area contributed by atoms with Crippen molar-refractivity contribution in [1.29, 1.82) is 0 Å². The SMILES string of the molecule is Cc1cccc2nc(N)n(CCC3CCN(C)CC3)c12. The number of nitrogen functional groups attached to an aromatic ring is 1. The third kappa shape index (κ3) is 2.52. The van der Waals surface area contributed by atoms with Crippen molar-refractivity contribution in [3.8, 4) is 0 Å². The predicted octanol–water partition coefficient (Wildman–Crippen LogP) is 2.66. The van der Waals surface area contributed by atoms with Crippen LogP contribution in [-0.4, -0.2) is 34.6 Å². The molecule has 108 valence electrons. The summed E-state index contributed by atoms with van der Waals surface area (Å²) in [5, 5.41) is 0. The fourth-order valence-electron chi connectivity index (χ4n) is 3.27. The van der Waals surface area contributed by atoms with Gasteiger partial charge < -0.3 is 15.2 Å². The molecule has 2 heterocycles. The van der Waals surface area contributed by atoms with E-state index in [4.69, 9.17) is 5.73 Å². The zero-order chi connectivity index (χ0) is 14.1. The lowest BCUT2D eigenvalue weighted by Crippen LogP contribution is -2.30. The number of nitrogens with zero attached hydrogens (tertiary/aromatic N) is 3. The Kier molecular flexibility index (Phi) is 3.66. The molecule has 0 radical (unpaired) electrons. The van der Waals surface area contributed by atoms with Crippen LogP contribution in [-0.2, 0) is 6.54 Å². The number of benzene rings is 1. The van der Waals surface area contributed by atoms with E-state index in [-0.39, 0.29) is 0 Å². The first-order valence-corrected chi connectivity index (χ1v) is 7.55. The van der Waals surface area contributed by atoms with Gasteiger partial charge in [0.2, 0.25) is 5.95 Å². The molecule has 3 rings (SSSR count). The van der Waals surface area contributed by atoms with Gasteiger partial charge in [0.15, 0.2) is 0 Å². The molecule has 0 bridgehead atoms. The normalized spacial score (nSPS) is 17.9. The number of likely N-dealkylation sites (tertiary alicyclic amines) is 1. The molecule has 1 aliphatic heterocycles. The van der Waals surface area contributed by atoms with Crippen molar-refractivity contribution in [3.05, 3.63) is 23.8 Å². The van der Waals surface area contributed by atoms with Crippen LogP contribution in [0.15, 0.2) is 18.2 Å². The maximum Gasteiger partial charge on any atom is 0.201 e. The molecule has 2 aromatic rings. The fourth-order valence-corrected chi connectivity index (χ4v) is 3.27. The summed E-state index contributed by atoms with van der Waals surface area (Å²) in [5.41, 5.74) is 9.59. The Hall–Kier alpha value is -1.55. The van der Waals surface area contributed by atoms with E-state index < -0.39 is 0 Å². The topological polar surface area (TPSA) is 47.1 Å². The molecule has 2 N–H and O–H groups in total. The van der Waals surface area contributed by atoms with Gasteiger partial charge in [0, 0.05) is 6.54 Å². The smallest absolute Gasteiger partial charge is 0.201 e. The van der Waals surface area contributed by atoms with Crippen molar-refractivity contribution in [3.63, 3.8) is 0 Å². The van der Waals surface area contributed by atoms with Crippen LogP contribution in [0.1, 0.15) is 24.8 Å². The maximum atomic E-state index is 6.10. The number of aromatic nitrogens is 2. The molecule has 1 fully saturated rings. The summed E-state index contributed by atoms with van der Waals surface area (Å²) >= 11 is 0. The molecular formula is C16H24N4. The molecule has 0 unspecified atom stereocenters. The van der Waals surface area contributed by atoms with E-state index in [1.165, 1.54) is 43.4 Å². The second-order valence-electron chi connectivity index (χ2n) is 6.10. The summed E-state index contributed by atoms with van der Waals surface area (Å²) in [5.74, 6) is 1.48. The lowest BCUT2D eigenvalue weighted by Gasteiger charge is -2.29. The molecule has 0 atom stereocenters. The lowest BCUT2D eigenvalue weighted by atomic mass is 9.94. The van der Waals surface area contributed by atoms with Crippen LogP contribution in [0.5, 0.6) is 0 Å². The summed E-state index contributed by atoms with van der Waals surface area (Å²) in [6, 6.07) is 6.23. The zero-order valence-corrected chi connectivity index (χ0v) is 12.5. The van der Waals surface area contributed by atoms with E-state index in [1.54, 1.807) is 0 Å². The minimum Gasteiger partial charge on any atom is -0.369 e. The van der Waals surface area contributed by atoms with Crippen LogP contribution >= 0.6 is 0 Å². The summed E-state index contributed by atoms with van der Waals surface area (Å²) in [7, 11) is 2.21. The first kappa shape index (κ1) is 13.4. The Morgan fingerprint density at radius 1 is 1.30 bits per heavy atom. The van der Waals surface area contributed by atoms with E-state index >= 15 is 0 Å². The number of hydrogen-bond acceptors (Lipinski definition) is 3. The first-order valence-electron chi connectivity index (χ1n) is 7.55. The molecular weight excluding hydrogens is 248 g/mol. The van der Waals surface area contributed by atoms with Gasteiger partial charge in [0.1, 0.15) is 0 Å². The van der Waals surface area contributed by atoms with Gasteiger partial charge in [-0.05, 0) is 63.9 Å². The second kappa shape index (κ2) is 5.44. The Bertz CT molecular complexity index is 594. The van der Waals surface area contributed by atoms with Gasteiger partial charge in [-0.2, -0.15) is 0 Å². The highest BCUT2D eigenvalue weighted by Crippen LogP contribution is 2.25. The molecule has 4 nitrogen and oxygen atoms in total. The average molecular weight is 272 g/mol. The monoisotopic (exact) mass is 272 g/mol. The maximum absolute atomic E-state index is 6.10. The molecule has 1 saturated heterocycles. The molecule has 1 aromatic carbocycles. The standard InChI is InChI=1S/C16H24N4/c1-12-4-3-5-14-15(12)20(16(17)18-14)11-8-13-6-9-19(2)10-7-13/h3-5,13H,6-11H2,1-2H3,(H2,17,18). The van der Waals surface area contributed by atoms with Crippen LogP contribution in [0, 0.1) is 12.8 Å². The van der Waals surface area contributed by atoms with Crippen molar-refractivity contribution >= 4 is 17.0 Å². The van der Waals surface area contributed by atoms with Crippen LogP contribution in [0.2, 0.25) is 0 Å². The number of rotatable bonds is 3.